The van der Waals surface area contributed by atoms with Gasteiger partial charge in [-0.15, -0.1) is 0 Å². The molecule has 1 aromatic heterocycles. The van der Waals surface area contributed by atoms with Crippen molar-refractivity contribution in [2.45, 2.75) is 33.0 Å². The van der Waals surface area contributed by atoms with Gasteiger partial charge in [0, 0.05) is 5.39 Å². The number of sulfonamides is 1. The number of aromatic nitrogens is 1. The molecule has 2 aromatic carbocycles. The number of fused-ring (bicyclic) bond motifs is 1. The van der Waals surface area contributed by atoms with Gasteiger partial charge in [0.1, 0.15) is 23.8 Å². The summed E-state index contributed by atoms with van der Waals surface area (Å²) in [5, 5.41) is 0.814. The van der Waals surface area contributed by atoms with Gasteiger partial charge in [-0.25, -0.2) is 18.2 Å². The third-order valence-corrected chi connectivity index (χ3v) is 4.50. The molecule has 0 aliphatic heterocycles. The van der Waals surface area contributed by atoms with Crippen LogP contribution < -0.4 is 9.46 Å². The number of esters is 1. The number of pyridine rings is 1. The quantitative estimate of drug-likeness (QED) is 0.593. The van der Waals surface area contributed by atoms with Crippen LogP contribution in [0.2, 0.25) is 0 Å². The zero-order valence-electron chi connectivity index (χ0n) is 17.3. The number of nitrogens with zero attached hydrogens (tertiary/aromatic N) is 1. The summed E-state index contributed by atoms with van der Waals surface area (Å²) in [6.45, 7) is 5.76. The van der Waals surface area contributed by atoms with Crippen molar-refractivity contribution in [3.05, 3.63) is 65.7 Å². The molecule has 0 unspecified atom stereocenters. The van der Waals surface area contributed by atoms with E-state index in [0.29, 0.717) is 16.8 Å². The van der Waals surface area contributed by atoms with Crippen LogP contribution in [0.1, 0.15) is 36.7 Å². The van der Waals surface area contributed by atoms with E-state index in [-0.39, 0.29) is 18.4 Å². The van der Waals surface area contributed by atoms with Gasteiger partial charge in [0.2, 0.25) is 10.0 Å². The number of carbonyl (C=O) groups is 1. The maximum absolute atomic E-state index is 12.2. The summed E-state index contributed by atoms with van der Waals surface area (Å²) in [6, 6.07) is 15.8. The van der Waals surface area contributed by atoms with Gasteiger partial charge >= 0.3 is 5.97 Å². The number of ether oxygens (including phenoxy) is 2. The predicted octanol–water partition coefficient (Wildman–Crippen LogP) is 4.14. The average Bonchev–Trinajstić information content (AvgIpc) is 2.64. The van der Waals surface area contributed by atoms with E-state index in [1.54, 1.807) is 42.5 Å². The Hall–Kier alpha value is -3.13. The Morgan fingerprint density at radius 3 is 2.53 bits per heavy atom. The van der Waals surface area contributed by atoms with E-state index in [1.807, 2.05) is 32.9 Å². The first-order valence-corrected chi connectivity index (χ1v) is 11.2. The number of hydrogen-bond donors (Lipinski definition) is 1. The molecule has 0 radical (unpaired) electrons. The minimum atomic E-state index is -3.38. The van der Waals surface area contributed by atoms with Crippen LogP contribution in [0.5, 0.6) is 5.75 Å². The molecule has 158 valence electrons. The van der Waals surface area contributed by atoms with E-state index in [9.17, 15) is 13.2 Å². The third-order valence-electron chi connectivity index (χ3n) is 3.92. The molecule has 0 saturated heterocycles. The number of hydrogen-bond acceptors (Lipinski definition) is 6. The standard InChI is InChI=1S/C22H24N2O5S/c1-22(2,3)29-21(25)17-7-5-6-15(12-17)14-28-18-9-10-19-16(13-18)8-11-20(23-19)24-30(4,26)27/h5-13H,14H2,1-4H3,(H,23,24). The summed E-state index contributed by atoms with van der Waals surface area (Å²) >= 11 is 0. The summed E-state index contributed by atoms with van der Waals surface area (Å²) in [7, 11) is -3.38. The van der Waals surface area contributed by atoms with Crippen LogP contribution in [0.15, 0.2) is 54.6 Å². The average molecular weight is 429 g/mol. The molecule has 1 N–H and O–H groups in total. The first-order valence-electron chi connectivity index (χ1n) is 9.32. The van der Waals surface area contributed by atoms with Gasteiger partial charge in [-0.05, 0) is 68.8 Å². The van der Waals surface area contributed by atoms with E-state index in [1.165, 1.54) is 0 Å². The second-order valence-electron chi connectivity index (χ2n) is 7.92. The van der Waals surface area contributed by atoms with Crippen LogP contribution in [0.25, 0.3) is 10.9 Å². The third kappa shape index (κ3) is 6.18. The second-order valence-corrected chi connectivity index (χ2v) is 9.66. The summed E-state index contributed by atoms with van der Waals surface area (Å²) in [5.74, 6) is 0.521. The van der Waals surface area contributed by atoms with Crippen LogP contribution >= 0.6 is 0 Å². The Kier molecular flexibility index (Phi) is 5.98. The van der Waals surface area contributed by atoms with E-state index in [2.05, 4.69) is 9.71 Å². The van der Waals surface area contributed by atoms with Gasteiger partial charge in [-0.2, -0.15) is 0 Å². The minimum Gasteiger partial charge on any atom is -0.489 e. The summed E-state index contributed by atoms with van der Waals surface area (Å²) in [4.78, 5) is 16.5. The van der Waals surface area contributed by atoms with Crippen molar-refractivity contribution in [1.82, 2.24) is 4.98 Å². The van der Waals surface area contributed by atoms with Gasteiger partial charge in [-0.3, -0.25) is 4.72 Å². The Balaban J connectivity index is 1.70. The molecule has 0 bridgehead atoms. The highest BCUT2D eigenvalue weighted by atomic mass is 32.2. The maximum Gasteiger partial charge on any atom is 0.338 e. The summed E-state index contributed by atoms with van der Waals surface area (Å²) < 4.78 is 36.3. The first kappa shape index (κ1) is 21.6. The molecular formula is C22H24N2O5S. The molecule has 3 rings (SSSR count). The smallest absolute Gasteiger partial charge is 0.338 e. The lowest BCUT2D eigenvalue weighted by Crippen LogP contribution is -2.23. The van der Waals surface area contributed by atoms with Gasteiger partial charge in [0.05, 0.1) is 17.3 Å². The molecular weight excluding hydrogens is 404 g/mol. The summed E-state index contributed by atoms with van der Waals surface area (Å²) in [5.41, 5.74) is 1.39. The van der Waals surface area contributed by atoms with Crippen molar-refractivity contribution >= 4 is 32.7 Å². The van der Waals surface area contributed by atoms with Crippen LogP contribution in [0.4, 0.5) is 5.82 Å². The molecule has 0 fully saturated rings. The van der Waals surface area contributed by atoms with Crippen LogP contribution in [0, 0.1) is 0 Å². The first-order chi connectivity index (χ1) is 14.0. The normalized spacial score (nSPS) is 11.9. The Morgan fingerprint density at radius 2 is 1.83 bits per heavy atom. The van der Waals surface area contributed by atoms with Crippen LogP contribution in [-0.4, -0.2) is 31.2 Å². The van der Waals surface area contributed by atoms with Crippen LogP contribution in [-0.2, 0) is 21.4 Å². The van der Waals surface area contributed by atoms with Gasteiger partial charge < -0.3 is 9.47 Å². The molecule has 0 spiro atoms. The van der Waals surface area contributed by atoms with Crippen molar-refractivity contribution in [2.75, 3.05) is 11.0 Å². The fraction of sp³-hybridized carbons (Fsp3) is 0.273. The van der Waals surface area contributed by atoms with Gasteiger partial charge in [0.15, 0.2) is 0 Å². The Labute approximate surface area is 176 Å². The zero-order valence-corrected chi connectivity index (χ0v) is 18.1. The number of carbonyl (C=O) groups excluding carboxylic acids is 1. The number of nitrogens with one attached hydrogen (secondary N) is 1. The predicted molar refractivity (Wildman–Crippen MR) is 116 cm³/mol. The highest BCUT2D eigenvalue weighted by molar-refractivity contribution is 7.92. The van der Waals surface area contributed by atoms with Crippen molar-refractivity contribution < 1.29 is 22.7 Å². The van der Waals surface area contributed by atoms with Crippen molar-refractivity contribution in [1.29, 1.82) is 0 Å². The van der Waals surface area contributed by atoms with Gasteiger partial charge in [-0.1, -0.05) is 12.1 Å². The fourth-order valence-electron chi connectivity index (χ4n) is 2.73. The second kappa shape index (κ2) is 8.31. The Morgan fingerprint density at radius 1 is 1.07 bits per heavy atom. The SMILES string of the molecule is CC(C)(C)OC(=O)c1cccc(COc2ccc3nc(NS(C)(=O)=O)ccc3c2)c1. The summed E-state index contributed by atoms with van der Waals surface area (Å²) in [6.07, 6.45) is 1.08. The van der Waals surface area contributed by atoms with Crippen LogP contribution in [0.3, 0.4) is 0 Å². The molecule has 8 heteroatoms. The molecule has 0 aliphatic rings. The molecule has 30 heavy (non-hydrogen) atoms. The van der Waals surface area contributed by atoms with Crippen molar-refractivity contribution in [3.63, 3.8) is 0 Å². The van der Waals surface area contributed by atoms with E-state index in [0.717, 1.165) is 17.2 Å². The number of rotatable bonds is 6. The lowest BCUT2D eigenvalue weighted by molar-refractivity contribution is 0.00693. The van der Waals surface area contributed by atoms with E-state index >= 15 is 0 Å². The lowest BCUT2D eigenvalue weighted by atomic mass is 10.1. The fourth-order valence-corrected chi connectivity index (χ4v) is 3.23. The van der Waals surface area contributed by atoms with E-state index < -0.39 is 15.6 Å². The molecule has 0 saturated carbocycles. The van der Waals surface area contributed by atoms with E-state index in [4.69, 9.17) is 9.47 Å². The molecule has 0 amide bonds. The molecule has 1 heterocycles. The minimum absolute atomic E-state index is 0.262. The largest absolute Gasteiger partial charge is 0.489 e. The lowest BCUT2D eigenvalue weighted by Gasteiger charge is -2.19. The maximum atomic E-state index is 12.2. The highest BCUT2D eigenvalue weighted by Crippen LogP contribution is 2.23. The Bertz CT molecular complexity index is 1180. The van der Waals surface area contributed by atoms with Crippen molar-refractivity contribution in [3.8, 4) is 5.75 Å². The zero-order chi connectivity index (χ0) is 21.9. The van der Waals surface area contributed by atoms with Gasteiger partial charge in [0.25, 0.3) is 0 Å². The van der Waals surface area contributed by atoms with Crippen molar-refractivity contribution in [2.24, 2.45) is 0 Å². The highest BCUT2D eigenvalue weighted by Gasteiger charge is 2.18. The molecule has 3 aromatic rings. The molecule has 0 aliphatic carbocycles. The molecule has 7 nitrogen and oxygen atoms in total. The monoisotopic (exact) mass is 428 g/mol. The molecule has 0 atom stereocenters. The topological polar surface area (TPSA) is 94.6 Å². The number of benzene rings is 2. The number of anilines is 1.